The molecule has 7 N–H and O–H groups in total. The lowest BCUT2D eigenvalue weighted by molar-refractivity contribution is -0.336. The summed E-state index contributed by atoms with van der Waals surface area (Å²) in [6.45, 7) is 20.4. The molecule has 0 aliphatic carbocycles. The van der Waals surface area contributed by atoms with E-state index in [4.69, 9.17) is 28.4 Å². The van der Waals surface area contributed by atoms with Crippen LogP contribution in [-0.2, 0) is 33.2 Å². The number of thiazole rings is 1. The second-order valence-corrected chi connectivity index (χ2v) is 20.4. The van der Waals surface area contributed by atoms with Crippen molar-refractivity contribution in [3.63, 3.8) is 0 Å². The average molecular weight is 932 g/mol. The molecule has 3 fully saturated rings. The molecule has 3 aliphatic heterocycles. The second kappa shape index (κ2) is 22.3. The van der Waals surface area contributed by atoms with E-state index >= 15 is 0 Å². The Morgan fingerprint density at radius 3 is 2.30 bits per heavy atom. The summed E-state index contributed by atoms with van der Waals surface area (Å²) >= 11 is 1.30. The zero-order chi connectivity index (χ0) is 48.1. The van der Waals surface area contributed by atoms with Gasteiger partial charge in [0.05, 0.1) is 42.0 Å². The van der Waals surface area contributed by atoms with Crippen molar-refractivity contribution >= 4 is 28.5 Å². The molecule has 0 saturated carbocycles. The van der Waals surface area contributed by atoms with E-state index in [1.165, 1.54) is 35.2 Å². The Hall–Kier alpha value is -2.11. The van der Waals surface area contributed by atoms with Gasteiger partial charge in [0, 0.05) is 57.7 Å². The standard InChI is InChI=1S/C45H81N5O13S/c1-15-17-46-24-45(57)30(8)60-33(22-43(45,10)58-14)62-35-27(5)37(63-39-34(51)31(20-26(4)59-39)49(12)41(54)50(13)40-47-18-19-64-40)42(9,55)21-25(3)23-48-29(7)36(52)44(11,56)32(16-2)61-38(53)28(35)6/h18-19,25-37,39,46,48,51-52,55-57H,15-17,20-24H2,1-14H3/t25-,26-,27+,28-,29-,30+,31+,32-,33+,34-,35+,36-,37-,39+,42-,43-,44-,45+/m1/s1. The van der Waals surface area contributed by atoms with E-state index in [1.54, 1.807) is 74.1 Å². The molecule has 0 aromatic carbocycles. The monoisotopic (exact) mass is 932 g/mol. The molecule has 1 aromatic heterocycles. The van der Waals surface area contributed by atoms with Gasteiger partial charge in [-0.3, -0.25) is 9.69 Å². The van der Waals surface area contributed by atoms with E-state index in [-0.39, 0.29) is 38.1 Å². The van der Waals surface area contributed by atoms with Crippen LogP contribution < -0.4 is 15.5 Å². The van der Waals surface area contributed by atoms with Crippen LogP contribution in [0.1, 0.15) is 108 Å². The number of nitrogens with one attached hydrogen (secondary N) is 2. The van der Waals surface area contributed by atoms with Crippen molar-refractivity contribution in [1.82, 2.24) is 20.5 Å². The molecule has 0 bridgehead atoms. The topological polar surface area (TPSA) is 234 Å². The summed E-state index contributed by atoms with van der Waals surface area (Å²) in [5.74, 6) is -2.97. The molecule has 4 heterocycles. The number of ether oxygens (including phenoxy) is 6. The van der Waals surface area contributed by atoms with Gasteiger partial charge in [0.1, 0.15) is 35.1 Å². The van der Waals surface area contributed by atoms with Crippen LogP contribution >= 0.6 is 11.3 Å². The smallest absolute Gasteiger partial charge is 0.326 e. The molecule has 370 valence electrons. The third-order valence-corrected chi connectivity index (χ3v) is 15.0. The highest BCUT2D eigenvalue weighted by Crippen LogP contribution is 2.43. The third-order valence-electron chi connectivity index (χ3n) is 14.1. The van der Waals surface area contributed by atoms with E-state index < -0.39 is 114 Å². The highest BCUT2D eigenvalue weighted by atomic mass is 32.1. The quantitative estimate of drug-likeness (QED) is 0.118. The number of likely N-dealkylation sites (N-methyl/N-ethyl adjacent to an activating group) is 1. The van der Waals surface area contributed by atoms with Gasteiger partial charge < -0.3 is 69.5 Å². The van der Waals surface area contributed by atoms with Crippen molar-refractivity contribution in [3.05, 3.63) is 11.6 Å². The van der Waals surface area contributed by atoms with Crippen molar-refractivity contribution in [3.8, 4) is 0 Å². The van der Waals surface area contributed by atoms with Gasteiger partial charge in [0.2, 0.25) is 0 Å². The molecule has 0 unspecified atom stereocenters. The molecule has 2 amide bonds. The minimum Gasteiger partial charge on any atom is -0.459 e. The number of anilines is 1. The van der Waals surface area contributed by atoms with Crippen LogP contribution in [-0.4, -0.2) is 178 Å². The molecular weight excluding hydrogens is 851 g/mol. The maximum absolute atomic E-state index is 14.5. The zero-order valence-electron chi connectivity index (χ0n) is 40.6. The minimum absolute atomic E-state index is 0.0452. The van der Waals surface area contributed by atoms with Crippen molar-refractivity contribution in [1.29, 1.82) is 0 Å². The number of rotatable bonds is 12. The molecule has 64 heavy (non-hydrogen) atoms. The van der Waals surface area contributed by atoms with E-state index in [1.807, 2.05) is 20.8 Å². The normalized spacial score (nSPS) is 43.1. The number of carbonyl (C=O) groups excluding carboxylic acids is 2. The number of aliphatic hydroxyl groups is 5. The van der Waals surface area contributed by atoms with Crippen LogP contribution in [0.5, 0.6) is 0 Å². The van der Waals surface area contributed by atoms with Crippen LogP contribution in [0.2, 0.25) is 0 Å². The Bertz CT molecular complexity index is 1630. The third kappa shape index (κ3) is 11.9. The molecule has 19 heteroatoms. The lowest BCUT2D eigenvalue weighted by Gasteiger charge is -2.53. The zero-order valence-corrected chi connectivity index (χ0v) is 41.5. The lowest BCUT2D eigenvalue weighted by atomic mass is 9.75. The maximum Gasteiger partial charge on any atom is 0.326 e. The molecule has 0 spiro atoms. The van der Waals surface area contributed by atoms with Gasteiger partial charge in [-0.1, -0.05) is 27.7 Å². The fourth-order valence-corrected chi connectivity index (χ4v) is 10.5. The average Bonchev–Trinajstić information content (AvgIpc) is 3.79. The van der Waals surface area contributed by atoms with E-state index in [0.29, 0.717) is 18.2 Å². The van der Waals surface area contributed by atoms with Crippen molar-refractivity contribution < 1.29 is 63.5 Å². The number of esters is 1. The molecule has 3 saturated heterocycles. The summed E-state index contributed by atoms with van der Waals surface area (Å²) < 4.78 is 38.6. The maximum atomic E-state index is 14.5. The number of cyclic esters (lactones) is 1. The van der Waals surface area contributed by atoms with Crippen molar-refractivity contribution in [2.75, 3.05) is 45.7 Å². The van der Waals surface area contributed by atoms with Crippen LogP contribution in [0.15, 0.2) is 11.6 Å². The molecule has 3 aliphatic rings. The summed E-state index contributed by atoms with van der Waals surface area (Å²) in [6, 6.07) is -1.81. The molecule has 0 radical (unpaired) electrons. The van der Waals surface area contributed by atoms with E-state index in [2.05, 4.69) is 15.6 Å². The van der Waals surface area contributed by atoms with E-state index in [0.717, 1.165) is 6.42 Å². The SMILES string of the molecule is CCCNC[C@]1(O)[C@H](C)O[C@@H](O[C@H]2[C@H](C)[C@@H](O[C@@H]3O[C@H](C)C[C@H](N(C)C(=O)N(C)c4nccs4)[C@H]3O)[C@](C)(O)C[C@@H](C)CN[C@H](C)[C@@H](O)[C@](C)(O)[C@@H](CC)OC(=O)[C@@H]2C)C[C@@]1(C)OC. The molecule has 1 aromatic rings. The fraction of sp³-hybridized carbons (Fsp3) is 0.889. The number of nitrogens with zero attached hydrogens (tertiary/aromatic N) is 3. The number of hydrogen-bond donors (Lipinski definition) is 7. The predicted molar refractivity (Wildman–Crippen MR) is 242 cm³/mol. The number of amides is 2. The Balaban J connectivity index is 1.80. The van der Waals surface area contributed by atoms with Gasteiger partial charge in [0.15, 0.2) is 17.7 Å². The van der Waals surface area contributed by atoms with Crippen molar-refractivity contribution in [2.24, 2.45) is 17.8 Å². The van der Waals surface area contributed by atoms with Gasteiger partial charge in [-0.2, -0.15) is 0 Å². The van der Waals surface area contributed by atoms with Gasteiger partial charge in [-0.05, 0) is 93.2 Å². The minimum atomic E-state index is -1.86. The van der Waals surface area contributed by atoms with Gasteiger partial charge in [-0.15, -0.1) is 11.3 Å². The molecule has 18 atom stereocenters. The van der Waals surface area contributed by atoms with Crippen LogP contribution in [0.25, 0.3) is 0 Å². The van der Waals surface area contributed by atoms with Gasteiger partial charge in [0.25, 0.3) is 0 Å². The fourth-order valence-electron chi connectivity index (χ4n) is 9.92. The summed E-state index contributed by atoms with van der Waals surface area (Å²) in [6.07, 6.45) is -6.80. The second-order valence-electron chi connectivity index (χ2n) is 19.5. The van der Waals surface area contributed by atoms with Crippen LogP contribution in [0.3, 0.4) is 0 Å². The molecule has 4 rings (SSSR count). The first kappa shape index (κ1) is 54.5. The molecule has 18 nitrogen and oxygen atoms in total. The largest absolute Gasteiger partial charge is 0.459 e. The van der Waals surface area contributed by atoms with Crippen LogP contribution in [0, 0.1) is 17.8 Å². The highest BCUT2D eigenvalue weighted by Gasteiger charge is 2.58. The first-order valence-electron chi connectivity index (χ1n) is 23.0. The Kier molecular flexibility index (Phi) is 19.0. The number of carbonyl (C=O) groups is 2. The number of aromatic nitrogens is 1. The number of aliphatic hydroxyl groups excluding tert-OH is 2. The van der Waals surface area contributed by atoms with E-state index in [9.17, 15) is 35.1 Å². The predicted octanol–water partition coefficient (Wildman–Crippen LogP) is 3.01. The highest BCUT2D eigenvalue weighted by molar-refractivity contribution is 7.13. The number of hydrogen-bond acceptors (Lipinski definition) is 17. The van der Waals surface area contributed by atoms with Gasteiger partial charge >= 0.3 is 12.0 Å². The summed E-state index contributed by atoms with van der Waals surface area (Å²) in [5, 5.41) is 69.0. The first-order valence-corrected chi connectivity index (χ1v) is 23.9. The number of urea groups is 1. The summed E-state index contributed by atoms with van der Waals surface area (Å²) in [7, 11) is 4.73. The summed E-state index contributed by atoms with van der Waals surface area (Å²) in [5.41, 5.74) is -6.21. The molecular formula is C45H81N5O13S. The Morgan fingerprint density at radius 1 is 1.03 bits per heavy atom. The first-order chi connectivity index (χ1) is 29.8. The Morgan fingerprint density at radius 2 is 1.70 bits per heavy atom. The Labute approximate surface area is 384 Å². The number of methoxy groups -OCH3 is 1. The lowest BCUT2D eigenvalue weighted by Crippen LogP contribution is -2.70. The van der Waals surface area contributed by atoms with Gasteiger partial charge in [-0.25, -0.2) is 9.78 Å². The van der Waals surface area contributed by atoms with Crippen LogP contribution in [0.4, 0.5) is 9.93 Å². The summed E-state index contributed by atoms with van der Waals surface area (Å²) in [4.78, 5) is 35.3. The van der Waals surface area contributed by atoms with Crippen molar-refractivity contribution in [2.45, 2.75) is 198 Å².